The molecule has 1 atom stereocenters. The van der Waals surface area contributed by atoms with Gasteiger partial charge in [-0.15, -0.1) is 0 Å². The zero-order valence-electron chi connectivity index (χ0n) is 12.0. The number of carboxylic acid groups (broad SMARTS) is 1. The first-order valence-corrected chi connectivity index (χ1v) is 8.15. The molecule has 112 valence electrons. The van der Waals surface area contributed by atoms with E-state index in [0.717, 1.165) is 24.0 Å². The van der Waals surface area contributed by atoms with Crippen LogP contribution in [0.1, 0.15) is 35.9 Å². The predicted molar refractivity (Wildman–Crippen MR) is 85.0 cm³/mol. The van der Waals surface area contributed by atoms with E-state index in [9.17, 15) is 4.79 Å². The second-order valence-electron chi connectivity index (χ2n) is 5.79. The number of hydrogen-bond donors (Lipinski definition) is 2. The Labute approximate surface area is 127 Å². The zero-order chi connectivity index (χ0) is 14.9. The van der Waals surface area contributed by atoms with Crippen molar-refractivity contribution in [2.45, 2.75) is 31.1 Å². The van der Waals surface area contributed by atoms with Crippen LogP contribution in [0.25, 0.3) is 11.0 Å². The number of fused-ring (bicyclic) bond motifs is 1. The molecule has 1 fully saturated rings. The first-order valence-electron chi connectivity index (χ1n) is 7.16. The third-order valence-electron chi connectivity index (χ3n) is 3.92. The van der Waals surface area contributed by atoms with Crippen molar-refractivity contribution in [1.82, 2.24) is 5.32 Å². The molecule has 4 nitrogen and oxygen atoms in total. The van der Waals surface area contributed by atoms with Crippen molar-refractivity contribution in [2.24, 2.45) is 0 Å². The van der Waals surface area contributed by atoms with E-state index in [4.69, 9.17) is 9.52 Å². The van der Waals surface area contributed by atoms with E-state index in [2.05, 4.69) is 12.2 Å². The number of rotatable bonds is 5. The highest BCUT2D eigenvalue weighted by Gasteiger charge is 2.28. The van der Waals surface area contributed by atoms with E-state index in [1.54, 1.807) is 6.07 Å². The van der Waals surface area contributed by atoms with Crippen molar-refractivity contribution < 1.29 is 14.3 Å². The normalized spacial score (nSPS) is 22.0. The molecule has 2 heterocycles. The number of hydrogen-bond acceptors (Lipinski definition) is 4. The molecule has 1 aromatic heterocycles. The SMILES string of the molecule is CC1(CNCc2ccc3oc(C(=O)O)cc3c2)CCCS1. The average Bonchev–Trinajstić information content (AvgIpc) is 3.05. The van der Waals surface area contributed by atoms with Crippen LogP contribution in [0, 0.1) is 0 Å². The van der Waals surface area contributed by atoms with Crippen LogP contribution >= 0.6 is 11.8 Å². The standard InChI is InChI=1S/C16H19NO3S/c1-16(5-2-6-21-16)10-17-9-11-3-4-13-12(7-11)8-14(20-13)15(18)19/h3-4,7-8,17H,2,5-6,9-10H2,1H3,(H,18,19). The molecule has 2 N–H and O–H groups in total. The third kappa shape index (κ3) is 3.24. The van der Waals surface area contributed by atoms with Gasteiger partial charge < -0.3 is 14.8 Å². The van der Waals surface area contributed by atoms with Gasteiger partial charge in [-0.3, -0.25) is 0 Å². The molecular weight excluding hydrogens is 286 g/mol. The molecular formula is C16H19NO3S. The maximum absolute atomic E-state index is 10.9. The van der Waals surface area contributed by atoms with E-state index >= 15 is 0 Å². The molecule has 21 heavy (non-hydrogen) atoms. The largest absolute Gasteiger partial charge is 0.475 e. The van der Waals surface area contributed by atoms with Crippen LogP contribution in [0.3, 0.4) is 0 Å². The maximum atomic E-state index is 10.9. The molecule has 0 aliphatic carbocycles. The van der Waals surface area contributed by atoms with E-state index in [-0.39, 0.29) is 5.76 Å². The number of thioether (sulfide) groups is 1. The first kappa shape index (κ1) is 14.5. The summed E-state index contributed by atoms with van der Waals surface area (Å²) in [7, 11) is 0. The second-order valence-corrected chi connectivity index (χ2v) is 7.48. The fraction of sp³-hybridized carbons (Fsp3) is 0.438. The van der Waals surface area contributed by atoms with Crippen molar-refractivity contribution in [3.63, 3.8) is 0 Å². The summed E-state index contributed by atoms with van der Waals surface area (Å²) in [5.74, 6) is 0.221. The molecule has 5 heteroatoms. The lowest BCUT2D eigenvalue weighted by Crippen LogP contribution is -2.32. The summed E-state index contributed by atoms with van der Waals surface area (Å²) < 4.78 is 5.62. The smallest absolute Gasteiger partial charge is 0.371 e. The fourth-order valence-corrected chi connectivity index (χ4v) is 4.03. The quantitative estimate of drug-likeness (QED) is 0.885. The van der Waals surface area contributed by atoms with Crippen LogP contribution in [0.15, 0.2) is 28.7 Å². The van der Waals surface area contributed by atoms with Crippen molar-refractivity contribution in [3.8, 4) is 0 Å². The molecule has 1 aliphatic heterocycles. The van der Waals surface area contributed by atoms with E-state index < -0.39 is 5.97 Å². The molecule has 0 radical (unpaired) electrons. The molecule has 1 saturated heterocycles. The summed E-state index contributed by atoms with van der Waals surface area (Å²) in [5, 5.41) is 13.3. The second kappa shape index (κ2) is 5.73. The summed E-state index contributed by atoms with van der Waals surface area (Å²) in [5.41, 5.74) is 1.77. The minimum absolute atomic E-state index is 0.00928. The molecule has 1 aromatic carbocycles. The molecule has 0 saturated carbocycles. The highest BCUT2D eigenvalue weighted by atomic mass is 32.2. The summed E-state index contributed by atoms with van der Waals surface area (Å²) in [6.45, 7) is 4.11. The van der Waals surface area contributed by atoms with Gasteiger partial charge in [0.2, 0.25) is 5.76 Å². The Bertz CT molecular complexity index is 659. The van der Waals surface area contributed by atoms with Crippen LogP contribution in [-0.2, 0) is 6.54 Å². The highest BCUT2D eigenvalue weighted by Crippen LogP contribution is 2.37. The maximum Gasteiger partial charge on any atom is 0.371 e. The van der Waals surface area contributed by atoms with Crippen LogP contribution in [-0.4, -0.2) is 28.1 Å². The van der Waals surface area contributed by atoms with Crippen LogP contribution < -0.4 is 5.32 Å². The van der Waals surface area contributed by atoms with Crippen molar-refractivity contribution in [1.29, 1.82) is 0 Å². The molecule has 0 spiro atoms. The van der Waals surface area contributed by atoms with Gasteiger partial charge in [0.15, 0.2) is 0 Å². The minimum atomic E-state index is -1.03. The van der Waals surface area contributed by atoms with E-state index in [1.807, 2.05) is 30.0 Å². The average molecular weight is 305 g/mol. The lowest BCUT2D eigenvalue weighted by Gasteiger charge is -2.23. The fourth-order valence-electron chi connectivity index (χ4n) is 2.76. The number of benzene rings is 1. The Balaban J connectivity index is 1.65. The Kier molecular flexibility index (Phi) is 3.95. The topological polar surface area (TPSA) is 62.5 Å². The molecule has 1 unspecified atom stereocenters. The molecule has 0 amide bonds. The van der Waals surface area contributed by atoms with Crippen molar-refractivity contribution >= 4 is 28.7 Å². The lowest BCUT2D eigenvalue weighted by molar-refractivity contribution is 0.0665. The van der Waals surface area contributed by atoms with Gasteiger partial charge in [-0.05, 0) is 49.3 Å². The Morgan fingerprint density at radius 1 is 1.48 bits per heavy atom. The van der Waals surface area contributed by atoms with Gasteiger partial charge in [-0.1, -0.05) is 6.07 Å². The van der Waals surface area contributed by atoms with Gasteiger partial charge in [0.05, 0.1) is 0 Å². The monoisotopic (exact) mass is 305 g/mol. The third-order valence-corrected chi connectivity index (χ3v) is 5.46. The van der Waals surface area contributed by atoms with Gasteiger partial charge in [0.1, 0.15) is 5.58 Å². The van der Waals surface area contributed by atoms with Gasteiger partial charge in [0, 0.05) is 23.2 Å². The van der Waals surface area contributed by atoms with Gasteiger partial charge >= 0.3 is 5.97 Å². The minimum Gasteiger partial charge on any atom is -0.475 e. The van der Waals surface area contributed by atoms with E-state index in [1.165, 1.54) is 18.6 Å². The van der Waals surface area contributed by atoms with E-state index in [0.29, 0.717) is 10.3 Å². The number of furan rings is 1. The molecule has 2 aromatic rings. The Hall–Kier alpha value is -1.46. The van der Waals surface area contributed by atoms with Gasteiger partial charge in [-0.2, -0.15) is 11.8 Å². The lowest BCUT2D eigenvalue weighted by atomic mass is 10.1. The number of carbonyl (C=O) groups is 1. The highest BCUT2D eigenvalue weighted by molar-refractivity contribution is 8.00. The van der Waals surface area contributed by atoms with Crippen LogP contribution in [0.4, 0.5) is 0 Å². The van der Waals surface area contributed by atoms with Gasteiger partial charge in [0.25, 0.3) is 0 Å². The molecule has 3 rings (SSSR count). The molecule has 1 aliphatic rings. The first-order chi connectivity index (χ1) is 10.1. The summed E-state index contributed by atoms with van der Waals surface area (Å²) >= 11 is 2.05. The zero-order valence-corrected chi connectivity index (χ0v) is 12.8. The van der Waals surface area contributed by atoms with Crippen LogP contribution in [0.5, 0.6) is 0 Å². The summed E-state index contributed by atoms with van der Waals surface area (Å²) in [6, 6.07) is 7.39. The predicted octanol–water partition coefficient (Wildman–Crippen LogP) is 3.51. The number of aromatic carboxylic acids is 1. The Morgan fingerprint density at radius 2 is 2.33 bits per heavy atom. The number of carboxylic acids is 1. The summed E-state index contributed by atoms with van der Waals surface area (Å²) in [6.07, 6.45) is 2.58. The molecule has 0 bridgehead atoms. The summed E-state index contributed by atoms with van der Waals surface area (Å²) in [4.78, 5) is 10.9. The van der Waals surface area contributed by atoms with Crippen LogP contribution in [0.2, 0.25) is 0 Å². The van der Waals surface area contributed by atoms with Crippen molar-refractivity contribution in [3.05, 3.63) is 35.6 Å². The number of nitrogens with one attached hydrogen (secondary N) is 1. The van der Waals surface area contributed by atoms with Gasteiger partial charge in [-0.25, -0.2) is 4.79 Å². The Morgan fingerprint density at radius 3 is 3.05 bits per heavy atom. The van der Waals surface area contributed by atoms with Crippen molar-refractivity contribution in [2.75, 3.05) is 12.3 Å².